The van der Waals surface area contributed by atoms with Crippen LogP contribution in [-0.4, -0.2) is 41.0 Å². The van der Waals surface area contributed by atoms with E-state index in [1.165, 1.54) is 4.43 Å². The van der Waals surface area contributed by atoms with E-state index < -0.39 is 11.7 Å². The van der Waals surface area contributed by atoms with Gasteiger partial charge >= 0.3 is 169 Å². The van der Waals surface area contributed by atoms with Crippen LogP contribution in [0.4, 0.5) is 4.39 Å². The topological polar surface area (TPSA) is 55.7 Å². The van der Waals surface area contributed by atoms with Gasteiger partial charge in [0, 0.05) is 6.61 Å². The summed E-state index contributed by atoms with van der Waals surface area (Å²) in [5.41, 5.74) is 2.99. The molecule has 1 heterocycles. The molecule has 0 saturated carbocycles. The van der Waals surface area contributed by atoms with E-state index in [4.69, 9.17) is 4.74 Å². The van der Waals surface area contributed by atoms with Crippen molar-refractivity contribution in [3.63, 3.8) is 0 Å². The first-order valence-electron chi connectivity index (χ1n) is 10.8. The van der Waals surface area contributed by atoms with Crippen molar-refractivity contribution in [3.05, 3.63) is 46.0 Å². The van der Waals surface area contributed by atoms with Gasteiger partial charge in [-0.2, -0.15) is 0 Å². The maximum atomic E-state index is 14.7. The normalized spacial score (nSPS) is 22.8. The number of benzene rings is 1. The molecule has 0 spiro atoms. The summed E-state index contributed by atoms with van der Waals surface area (Å²) < 4.78 is 22.0. The van der Waals surface area contributed by atoms with E-state index >= 15 is 0 Å². The van der Waals surface area contributed by atoms with Crippen LogP contribution < -0.4 is 21.2 Å². The van der Waals surface area contributed by atoms with Crippen molar-refractivity contribution in [2.45, 2.75) is 63.6 Å². The number of carbonyl (C=O) groups is 2. The van der Waals surface area contributed by atoms with Crippen LogP contribution in [0.25, 0.3) is 0 Å². The Morgan fingerprint density at radius 1 is 1.32 bits per heavy atom. The molecule has 0 aromatic heterocycles. The second-order valence-corrected chi connectivity index (χ2v) is 12.6. The van der Waals surface area contributed by atoms with Gasteiger partial charge in [-0.05, 0) is 5.92 Å². The summed E-state index contributed by atoms with van der Waals surface area (Å²) in [4.78, 5) is 30.2. The molecule has 3 rings (SSSR count). The third kappa shape index (κ3) is 5.89. The van der Waals surface area contributed by atoms with Crippen molar-refractivity contribution in [2.75, 3.05) is 17.6 Å². The SMILES string of the molecule is CC(=NC1CC(=O)C(COCC(C)C)=C(C)C1=O)c1ccc(C(C)(C)F)c(C2C[I-]2)c1. The van der Waals surface area contributed by atoms with Gasteiger partial charge in [-0.3, -0.25) is 0 Å². The van der Waals surface area contributed by atoms with Crippen LogP contribution >= 0.6 is 0 Å². The number of hydrogen-bond donors (Lipinski definition) is 0. The Bertz CT molecular complexity index is 939. The van der Waals surface area contributed by atoms with E-state index in [-0.39, 0.29) is 45.8 Å². The summed E-state index contributed by atoms with van der Waals surface area (Å²) in [6.45, 7) is 11.6. The molecule has 0 radical (unpaired) electrons. The van der Waals surface area contributed by atoms with Crippen LogP contribution in [-0.2, 0) is 20.0 Å². The van der Waals surface area contributed by atoms with Gasteiger partial charge in [0.25, 0.3) is 0 Å². The fraction of sp³-hybridized carbons (Fsp3) is 0.560. The molecule has 1 saturated heterocycles. The molecule has 2 unspecified atom stereocenters. The molecule has 0 N–H and O–H groups in total. The number of Topliss-reactive ketones (excluding diaryl/α,β-unsaturated/α-hetero) is 2. The first kappa shape index (κ1) is 24.2. The Morgan fingerprint density at radius 2 is 2.00 bits per heavy atom. The quantitative estimate of drug-likeness (QED) is 0.287. The van der Waals surface area contributed by atoms with Crippen molar-refractivity contribution in [3.8, 4) is 0 Å². The van der Waals surface area contributed by atoms with Crippen LogP contribution in [0.1, 0.15) is 68.6 Å². The molecule has 6 heteroatoms. The molecule has 1 aromatic carbocycles. The minimum absolute atomic E-state index is 0.0691. The zero-order valence-corrected chi connectivity index (χ0v) is 21.4. The number of carbonyl (C=O) groups excluding carboxylic acids is 2. The van der Waals surface area contributed by atoms with Gasteiger partial charge in [0.2, 0.25) is 0 Å². The summed E-state index contributed by atoms with van der Waals surface area (Å²) in [6.07, 6.45) is 0.0738. The number of rotatable bonds is 8. The Hall–Kier alpha value is -1.41. The van der Waals surface area contributed by atoms with Crippen LogP contribution in [0.3, 0.4) is 0 Å². The zero-order valence-electron chi connectivity index (χ0n) is 19.2. The molecular formula is C25H32FINO3-. The third-order valence-electron chi connectivity index (χ3n) is 5.64. The summed E-state index contributed by atoms with van der Waals surface area (Å²) >= 11 is 0.122. The van der Waals surface area contributed by atoms with E-state index in [0.29, 0.717) is 33.3 Å². The number of nitrogens with zero attached hydrogens (tertiary/aromatic N) is 1. The average Bonchev–Trinajstić information content (AvgIpc) is 3.52. The van der Waals surface area contributed by atoms with E-state index in [1.807, 2.05) is 39.0 Å². The van der Waals surface area contributed by atoms with E-state index in [2.05, 4.69) is 4.99 Å². The van der Waals surface area contributed by atoms with E-state index in [9.17, 15) is 14.0 Å². The van der Waals surface area contributed by atoms with Crippen LogP contribution in [0.5, 0.6) is 0 Å². The Kier molecular flexibility index (Phi) is 7.51. The van der Waals surface area contributed by atoms with Crippen molar-refractivity contribution in [2.24, 2.45) is 10.9 Å². The monoisotopic (exact) mass is 540 g/mol. The molecular weight excluding hydrogens is 508 g/mol. The Morgan fingerprint density at radius 3 is 2.58 bits per heavy atom. The predicted octanol–water partition coefficient (Wildman–Crippen LogP) is 1.74. The van der Waals surface area contributed by atoms with Gasteiger partial charge in [0.1, 0.15) is 0 Å². The molecule has 1 fully saturated rings. The number of ether oxygens (including phenoxy) is 1. The molecule has 1 aliphatic heterocycles. The first-order valence-corrected chi connectivity index (χ1v) is 13.6. The maximum absolute atomic E-state index is 14.7. The van der Waals surface area contributed by atoms with Gasteiger partial charge < -0.3 is 0 Å². The molecule has 1 aliphatic carbocycles. The summed E-state index contributed by atoms with van der Waals surface area (Å²) in [5, 5.41) is 0. The van der Waals surface area contributed by atoms with Crippen molar-refractivity contribution in [1.29, 1.82) is 0 Å². The van der Waals surface area contributed by atoms with E-state index in [1.54, 1.807) is 20.8 Å². The van der Waals surface area contributed by atoms with Gasteiger partial charge in [0.05, 0.1) is 0 Å². The number of halogens is 2. The minimum atomic E-state index is -1.38. The molecule has 0 amide bonds. The van der Waals surface area contributed by atoms with Crippen LogP contribution in [0.2, 0.25) is 0 Å². The van der Waals surface area contributed by atoms with Crippen molar-refractivity contribution in [1.82, 2.24) is 0 Å². The van der Waals surface area contributed by atoms with Crippen LogP contribution in [0.15, 0.2) is 34.3 Å². The Labute approximate surface area is 195 Å². The van der Waals surface area contributed by atoms with E-state index in [0.717, 1.165) is 16.7 Å². The molecule has 31 heavy (non-hydrogen) atoms. The number of hydrogen-bond acceptors (Lipinski definition) is 4. The fourth-order valence-corrected chi connectivity index (χ4v) is 5.51. The molecule has 2 aliphatic rings. The third-order valence-corrected chi connectivity index (χ3v) is 8.08. The predicted molar refractivity (Wildman–Crippen MR) is 117 cm³/mol. The van der Waals surface area contributed by atoms with Crippen LogP contribution in [0, 0.1) is 5.92 Å². The van der Waals surface area contributed by atoms with Crippen molar-refractivity contribution >= 4 is 17.3 Å². The number of ketones is 2. The fourth-order valence-electron chi connectivity index (χ4n) is 3.80. The Balaban J connectivity index is 1.82. The second kappa shape index (κ2) is 9.61. The molecule has 1 aromatic rings. The molecule has 2 atom stereocenters. The zero-order chi connectivity index (χ0) is 22.9. The molecule has 4 nitrogen and oxygen atoms in total. The summed E-state index contributed by atoms with van der Waals surface area (Å²) in [7, 11) is 0. The van der Waals surface area contributed by atoms with Gasteiger partial charge in [-0.15, -0.1) is 0 Å². The average molecular weight is 540 g/mol. The summed E-state index contributed by atoms with van der Waals surface area (Å²) in [5.74, 6) is 0.185. The standard InChI is InChI=1S/C25H32FINO3/c1-14(2)12-31-13-19-15(3)24(30)22(10-23(19)29)28-16(4)17-7-8-20(25(5,6)26)18(9-17)21-11-27-21/h7-9,14,21-22H,10-13H2,1-6H3/q-1. The molecule has 0 bridgehead atoms. The second-order valence-electron chi connectivity index (χ2n) is 9.29. The molecule has 170 valence electrons. The van der Waals surface area contributed by atoms with Gasteiger partial charge in [-0.1, -0.05) is 13.8 Å². The number of aliphatic imine (C=N–C) groups is 1. The van der Waals surface area contributed by atoms with Crippen molar-refractivity contribution < 1.29 is 39.9 Å². The summed E-state index contributed by atoms with van der Waals surface area (Å²) in [6, 6.07) is 5.07. The van der Waals surface area contributed by atoms with Gasteiger partial charge in [-0.25, -0.2) is 0 Å². The number of alkyl halides is 3. The van der Waals surface area contributed by atoms with Gasteiger partial charge in [0.15, 0.2) is 0 Å². The first-order chi connectivity index (χ1) is 14.5.